The molecule has 0 fully saturated rings. The largest absolute Gasteiger partial charge is 0.356 e. The van der Waals surface area contributed by atoms with Crippen LogP contribution in [0, 0.1) is 0 Å². The van der Waals surface area contributed by atoms with Crippen LogP contribution < -0.4 is 15.3 Å². The lowest BCUT2D eigenvalue weighted by Crippen LogP contribution is -2.09. The second-order valence-corrected chi connectivity index (χ2v) is 10.8. The number of halogens is 1. The third-order valence-corrected chi connectivity index (χ3v) is 7.52. The number of nitrogens with zero attached hydrogens (tertiary/aromatic N) is 2. The Hall–Kier alpha value is -5.87. The highest BCUT2D eigenvalue weighted by molar-refractivity contribution is 5.87. The summed E-state index contributed by atoms with van der Waals surface area (Å²) in [5.74, 6) is 0. The van der Waals surface area contributed by atoms with Gasteiger partial charge in [-0.05, 0) is 89.4 Å². The lowest BCUT2D eigenvalue weighted by atomic mass is 9.97. The Bertz CT molecular complexity index is 1860. The van der Waals surface area contributed by atoms with Gasteiger partial charge in [0.1, 0.15) is 0 Å². The van der Waals surface area contributed by atoms with Crippen LogP contribution in [-0.2, 0) is 0 Å². The fourth-order valence-corrected chi connectivity index (χ4v) is 5.00. The predicted octanol–water partition coefficient (Wildman–Crippen LogP) is 11.8. The molecule has 0 aliphatic carbocycles. The molecule has 0 spiro atoms. The molecule has 5 aromatic rings. The van der Waals surface area contributed by atoms with E-state index in [0.717, 1.165) is 55.6 Å². The standard InChI is InChI=1S/C42H38FN3/c1-5-15-32(2)33(3)22-23-36(31-45(4)39-20-13-8-14-21-39)35-24-29-41(34-16-9-6-10-17-34)42(30-35)46(43)40-27-25-38(26-28-40)44-37-18-11-7-12-19-37/h5-31,44H,2-3H2,1,4H3/b15-5-,23-22-,36-31+. The Morgan fingerprint density at radius 3 is 1.89 bits per heavy atom. The van der Waals surface area contributed by atoms with Crippen molar-refractivity contribution in [2.24, 2.45) is 0 Å². The first-order chi connectivity index (χ1) is 22.4. The monoisotopic (exact) mass is 603 g/mol. The van der Waals surface area contributed by atoms with Gasteiger partial charge in [0.25, 0.3) is 0 Å². The summed E-state index contributed by atoms with van der Waals surface area (Å²) in [4.78, 5) is 2.06. The van der Waals surface area contributed by atoms with E-state index in [2.05, 4.69) is 23.4 Å². The number of hydrogen-bond donors (Lipinski definition) is 1. The molecule has 0 aliphatic rings. The lowest BCUT2D eigenvalue weighted by Gasteiger charge is -2.21. The van der Waals surface area contributed by atoms with Crippen molar-refractivity contribution in [3.05, 3.63) is 194 Å². The first-order valence-corrected chi connectivity index (χ1v) is 15.2. The van der Waals surface area contributed by atoms with E-state index >= 15 is 4.48 Å². The first kappa shape index (κ1) is 31.6. The van der Waals surface area contributed by atoms with Gasteiger partial charge >= 0.3 is 0 Å². The van der Waals surface area contributed by atoms with Crippen molar-refractivity contribution in [3.8, 4) is 11.1 Å². The van der Waals surface area contributed by atoms with Gasteiger partial charge in [-0.1, -0.05) is 121 Å². The maximum absolute atomic E-state index is 16.6. The molecule has 0 bridgehead atoms. The minimum atomic E-state index is 0.423. The third kappa shape index (κ3) is 7.99. The van der Waals surface area contributed by atoms with E-state index in [0.29, 0.717) is 11.4 Å². The van der Waals surface area contributed by atoms with Gasteiger partial charge in [0.15, 0.2) is 0 Å². The van der Waals surface area contributed by atoms with Gasteiger partial charge in [-0.15, -0.1) is 0 Å². The van der Waals surface area contributed by atoms with E-state index < -0.39 is 0 Å². The van der Waals surface area contributed by atoms with Gasteiger partial charge in [0.2, 0.25) is 0 Å². The van der Waals surface area contributed by atoms with Crippen molar-refractivity contribution in [1.82, 2.24) is 0 Å². The van der Waals surface area contributed by atoms with Crippen molar-refractivity contribution in [2.45, 2.75) is 6.92 Å². The Balaban J connectivity index is 1.56. The van der Waals surface area contributed by atoms with E-state index in [-0.39, 0.29) is 0 Å². The van der Waals surface area contributed by atoms with Crippen molar-refractivity contribution in [2.75, 3.05) is 22.4 Å². The number of nitrogens with one attached hydrogen (secondary N) is 1. The van der Waals surface area contributed by atoms with Gasteiger partial charge in [-0.25, -0.2) is 0 Å². The lowest BCUT2D eigenvalue weighted by molar-refractivity contribution is 0.506. The topological polar surface area (TPSA) is 18.5 Å². The van der Waals surface area contributed by atoms with E-state index in [1.165, 1.54) is 0 Å². The molecule has 4 heteroatoms. The highest BCUT2D eigenvalue weighted by Crippen LogP contribution is 2.38. The Labute approximate surface area is 272 Å². The molecule has 0 heterocycles. The molecule has 5 aromatic carbocycles. The van der Waals surface area contributed by atoms with Crippen LogP contribution in [0.4, 0.5) is 32.9 Å². The Kier molecular flexibility index (Phi) is 10.4. The normalized spacial score (nSPS) is 11.5. The maximum atomic E-state index is 16.6. The summed E-state index contributed by atoms with van der Waals surface area (Å²) in [5, 5.41) is 4.12. The number of allylic oxidation sites excluding steroid dienone is 7. The molecule has 0 unspecified atom stereocenters. The van der Waals surface area contributed by atoms with Crippen LogP contribution in [-0.4, -0.2) is 7.05 Å². The van der Waals surface area contributed by atoms with E-state index in [9.17, 15) is 0 Å². The summed E-state index contributed by atoms with van der Waals surface area (Å²) >= 11 is 0. The van der Waals surface area contributed by atoms with Crippen LogP contribution in [0.25, 0.3) is 16.7 Å². The smallest absolute Gasteiger partial charge is 0.0831 e. The second-order valence-electron chi connectivity index (χ2n) is 10.8. The molecule has 0 amide bonds. The molecule has 0 aliphatic heterocycles. The number of para-hydroxylation sites is 2. The van der Waals surface area contributed by atoms with Crippen molar-refractivity contribution >= 4 is 34.0 Å². The SMILES string of the molecule is C=C(/C=C\C)C(=C)/C=C\C(=C/N(C)c1ccccc1)c1ccc(-c2ccccc2)c(N(F)c2ccc(Nc3ccccc3)cc2)c1. The van der Waals surface area contributed by atoms with Crippen LogP contribution in [0.5, 0.6) is 0 Å². The summed E-state index contributed by atoms with van der Waals surface area (Å²) in [6, 6.07) is 43.1. The molecule has 46 heavy (non-hydrogen) atoms. The average molecular weight is 604 g/mol. The Morgan fingerprint density at radius 2 is 1.24 bits per heavy atom. The highest BCUT2D eigenvalue weighted by Gasteiger charge is 2.17. The highest BCUT2D eigenvalue weighted by atomic mass is 19.2. The maximum Gasteiger partial charge on any atom is 0.0831 e. The summed E-state index contributed by atoms with van der Waals surface area (Å²) in [5.41, 5.74) is 8.80. The summed E-state index contributed by atoms with van der Waals surface area (Å²) in [7, 11) is 2.00. The summed E-state index contributed by atoms with van der Waals surface area (Å²) < 4.78 is 16.6. The van der Waals surface area contributed by atoms with Gasteiger partial charge < -0.3 is 10.2 Å². The Morgan fingerprint density at radius 1 is 0.652 bits per heavy atom. The molecule has 1 N–H and O–H groups in total. The molecular formula is C42H38FN3. The van der Waals surface area contributed by atoms with E-state index in [1.807, 2.05) is 166 Å². The molecule has 0 aromatic heterocycles. The van der Waals surface area contributed by atoms with Crippen LogP contribution >= 0.6 is 0 Å². The van der Waals surface area contributed by atoms with Gasteiger partial charge in [-0.3, -0.25) is 0 Å². The number of hydrogen-bond acceptors (Lipinski definition) is 3. The van der Waals surface area contributed by atoms with E-state index in [1.54, 1.807) is 12.1 Å². The summed E-state index contributed by atoms with van der Waals surface area (Å²) in [6.45, 7) is 10.3. The molecule has 0 saturated carbocycles. The van der Waals surface area contributed by atoms with Crippen LogP contribution in [0.15, 0.2) is 188 Å². The molecule has 0 saturated heterocycles. The van der Waals surface area contributed by atoms with Crippen molar-refractivity contribution in [1.29, 1.82) is 0 Å². The molecule has 3 nitrogen and oxygen atoms in total. The van der Waals surface area contributed by atoms with Crippen LogP contribution in [0.1, 0.15) is 12.5 Å². The van der Waals surface area contributed by atoms with Gasteiger partial charge in [-0.2, -0.15) is 5.12 Å². The minimum absolute atomic E-state index is 0.423. The predicted molar refractivity (Wildman–Crippen MR) is 196 cm³/mol. The zero-order chi connectivity index (χ0) is 32.3. The fourth-order valence-electron chi connectivity index (χ4n) is 5.00. The quantitative estimate of drug-likeness (QED) is 0.113. The molecule has 228 valence electrons. The van der Waals surface area contributed by atoms with Crippen LogP contribution in [0.2, 0.25) is 0 Å². The minimum Gasteiger partial charge on any atom is -0.356 e. The van der Waals surface area contributed by atoms with Crippen molar-refractivity contribution < 1.29 is 4.48 Å². The summed E-state index contributed by atoms with van der Waals surface area (Å²) in [6.07, 6.45) is 9.87. The second kappa shape index (κ2) is 15.2. The zero-order valence-electron chi connectivity index (χ0n) is 26.3. The van der Waals surface area contributed by atoms with E-state index in [4.69, 9.17) is 0 Å². The van der Waals surface area contributed by atoms with Crippen LogP contribution in [0.3, 0.4) is 0 Å². The fraction of sp³-hybridized carbons (Fsp3) is 0.0476. The molecule has 0 radical (unpaired) electrons. The zero-order valence-corrected chi connectivity index (χ0v) is 26.3. The molecular weight excluding hydrogens is 565 g/mol. The van der Waals surface area contributed by atoms with Gasteiger partial charge in [0, 0.05) is 35.9 Å². The van der Waals surface area contributed by atoms with Gasteiger partial charge in [0.05, 0.1) is 11.4 Å². The average Bonchev–Trinajstić information content (AvgIpc) is 3.11. The molecule has 0 atom stereocenters. The number of benzene rings is 5. The van der Waals surface area contributed by atoms with Crippen molar-refractivity contribution in [3.63, 3.8) is 0 Å². The third-order valence-electron chi connectivity index (χ3n) is 7.52. The first-order valence-electron chi connectivity index (χ1n) is 15.2. The number of anilines is 5. The number of rotatable bonds is 12. The molecule has 5 rings (SSSR count).